The molecule has 1 aliphatic rings. The first-order chi connectivity index (χ1) is 12.5. The molecule has 4 N–H and O–H groups in total. The van der Waals surface area contributed by atoms with Crippen molar-refractivity contribution in [2.24, 2.45) is 5.84 Å². The molecule has 2 aromatic carbocycles. The number of hydrazine groups is 1. The fourth-order valence-corrected chi connectivity index (χ4v) is 3.42. The number of aryl methyl sites for hydroxylation is 3. The minimum Gasteiger partial charge on any atom is -0.356 e. The zero-order chi connectivity index (χ0) is 18.7. The largest absolute Gasteiger partial charge is 0.356 e. The summed E-state index contributed by atoms with van der Waals surface area (Å²) in [7, 11) is 0. The molecule has 0 saturated carbocycles. The topological polar surface area (TPSA) is 80.3 Å². The molecule has 1 saturated heterocycles. The average molecular weight is 350 g/mol. The van der Waals surface area contributed by atoms with Crippen LogP contribution < -0.4 is 16.5 Å². The molecule has 1 aliphatic heterocycles. The third-order valence-corrected chi connectivity index (χ3v) is 4.74. The van der Waals surface area contributed by atoms with E-state index in [1.165, 1.54) is 22.3 Å². The summed E-state index contributed by atoms with van der Waals surface area (Å²) in [4.78, 5) is 2.28. The standard InChI is InChI=1S/C20H26N6/c1-14-8-15(2)19(16(3)9-14)11-25-12-23-20(26(22)13-25)24-18-6-4-17(10-21)5-7-18/h4-9,20,23-24H,11-13,22H2,1-3H3. The SMILES string of the molecule is Cc1cc(C)c(CN2CNC(Nc3ccc(C#N)cc3)N(N)C2)c(C)c1. The molecule has 0 amide bonds. The lowest BCUT2D eigenvalue weighted by molar-refractivity contribution is 0.0217. The number of nitrogens with zero attached hydrogens (tertiary/aromatic N) is 3. The van der Waals surface area contributed by atoms with Gasteiger partial charge in [-0.15, -0.1) is 0 Å². The lowest BCUT2D eigenvalue weighted by atomic mass is 9.99. The van der Waals surface area contributed by atoms with Crippen LogP contribution in [0.3, 0.4) is 0 Å². The molecular formula is C20H26N6. The van der Waals surface area contributed by atoms with E-state index in [-0.39, 0.29) is 6.29 Å². The fourth-order valence-electron chi connectivity index (χ4n) is 3.42. The van der Waals surface area contributed by atoms with Gasteiger partial charge in [0.1, 0.15) is 6.29 Å². The van der Waals surface area contributed by atoms with Crippen LogP contribution in [-0.2, 0) is 6.54 Å². The summed E-state index contributed by atoms with van der Waals surface area (Å²) in [5.41, 5.74) is 6.88. The number of hydrogen-bond donors (Lipinski definition) is 3. The maximum atomic E-state index is 8.88. The molecule has 136 valence electrons. The van der Waals surface area contributed by atoms with Gasteiger partial charge in [0.2, 0.25) is 0 Å². The second kappa shape index (κ2) is 7.85. The van der Waals surface area contributed by atoms with Gasteiger partial charge in [0.05, 0.1) is 25.0 Å². The zero-order valence-electron chi connectivity index (χ0n) is 15.6. The summed E-state index contributed by atoms with van der Waals surface area (Å²) in [6, 6.07) is 13.9. The van der Waals surface area contributed by atoms with Gasteiger partial charge < -0.3 is 5.32 Å². The Kier molecular flexibility index (Phi) is 5.55. The Bertz CT molecular complexity index is 785. The van der Waals surface area contributed by atoms with Crippen LogP contribution in [0.15, 0.2) is 36.4 Å². The van der Waals surface area contributed by atoms with E-state index >= 15 is 0 Å². The highest BCUT2D eigenvalue weighted by molar-refractivity contribution is 5.47. The average Bonchev–Trinajstić information content (AvgIpc) is 2.61. The molecule has 3 rings (SSSR count). The smallest absolute Gasteiger partial charge is 0.149 e. The van der Waals surface area contributed by atoms with Gasteiger partial charge in [0.25, 0.3) is 0 Å². The second-order valence-corrected chi connectivity index (χ2v) is 6.96. The summed E-state index contributed by atoms with van der Waals surface area (Å²) >= 11 is 0. The molecular weight excluding hydrogens is 324 g/mol. The third kappa shape index (κ3) is 4.21. The van der Waals surface area contributed by atoms with Gasteiger partial charge in [-0.25, -0.2) is 0 Å². The van der Waals surface area contributed by atoms with E-state index < -0.39 is 0 Å². The van der Waals surface area contributed by atoms with E-state index in [1.807, 2.05) is 12.1 Å². The van der Waals surface area contributed by atoms with Crippen LogP contribution in [0.4, 0.5) is 5.69 Å². The lowest BCUT2D eigenvalue weighted by Gasteiger charge is -2.40. The normalized spacial score (nSPS) is 18.5. The molecule has 0 aromatic heterocycles. The van der Waals surface area contributed by atoms with E-state index in [4.69, 9.17) is 11.1 Å². The minimum absolute atomic E-state index is 0.153. The number of nitriles is 1. The monoisotopic (exact) mass is 350 g/mol. The first-order valence-corrected chi connectivity index (χ1v) is 8.77. The van der Waals surface area contributed by atoms with Crippen molar-refractivity contribution in [1.82, 2.24) is 15.2 Å². The van der Waals surface area contributed by atoms with Crippen molar-refractivity contribution in [3.63, 3.8) is 0 Å². The Morgan fingerprint density at radius 2 is 1.85 bits per heavy atom. The minimum atomic E-state index is -0.153. The van der Waals surface area contributed by atoms with Gasteiger partial charge in [-0.05, 0) is 61.7 Å². The van der Waals surface area contributed by atoms with Gasteiger partial charge in [-0.2, -0.15) is 10.3 Å². The Hall–Kier alpha value is -2.43. The molecule has 6 heteroatoms. The predicted octanol–water partition coefficient (Wildman–Crippen LogP) is 2.38. The zero-order valence-corrected chi connectivity index (χ0v) is 15.6. The van der Waals surface area contributed by atoms with Crippen LogP contribution in [0.1, 0.15) is 27.8 Å². The highest BCUT2D eigenvalue weighted by Gasteiger charge is 2.24. The van der Waals surface area contributed by atoms with Crippen LogP contribution in [-0.4, -0.2) is 29.5 Å². The number of hydrogen-bond acceptors (Lipinski definition) is 6. The third-order valence-electron chi connectivity index (χ3n) is 4.74. The van der Waals surface area contributed by atoms with Crippen molar-refractivity contribution >= 4 is 5.69 Å². The molecule has 1 unspecified atom stereocenters. The van der Waals surface area contributed by atoms with Gasteiger partial charge in [-0.1, -0.05) is 17.7 Å². The fraction of sp³-hybridized carbons (Fsp3) is 0.350. The molecule has 2 aromatic rings. The Morgan fingerprint density at radius 3 is 2.42 bits per heavy atom. The summed E-state index contributed by atoms with van der Waals surface area (Å²) in [6.45, 7) is 8.74. The highest BCUT2D eigenvalue weighted by Crippen LogP contribution is 2.19. The highest BCUT2D eigenvalue weighted by atomic mass is 15.6. The van der Waals surface area contributed by atoms with E-state index in [2.05, 4.69) is 54.5 Å². The maximum absolute atomic E-state index is 8.88. The van der Waals surface area contributed by atoms with Crippen LogP contribution >= 0.6 is 0 Å². The first kappa shape index (κ1) is 18.4. The van der Waals surface area contributed by atoms with Crippen molar-refractivity contribution < 1.29 is 0 Å². The molecule has 1 heterocycles. The lowest BCUT2D eigenvalue weighted by Crippen LogP contribution is -2.64. The summed E-state index contributed by atoms with van der Waals surface area (Å²) < 4.78 is 0. The number of nitrogens with two attached hydrogens (primary N) is 1. The molecule has 0 aliphatic carbocycles. The van der Waals surface area contributed by atoms with Crippen molar-refractivity contribution in [3.8, 4) is 6.07 Å². The number of nitrogens with one attached hydrogen (secondary N) is 2. The van der Waals surface area contributed by atoms with Gasteiger partial charge in [0.15, 0.2) is 0 Å². The molecule has 0 spiro atoms. The summed E-state index contributed by atoms with van der Waals surface area (Å²) in [6.07, 6.45) is -0.153. The van der Waals surface area contributed by atoms with Crippen LogP contribution in [0, 0.1) is 32.1 Å². The Balaban J connectivity index is 1.60. The van der Waals surface area contributed by atoms with Crippen molar-refractivity contribution in [3.05, 3.63) is 64.2 Å². The van der Waals surface area contributed by atoms with Crippen molar-refractivity contribution in [1.29, 1.82) is 5.26 Å². The first-order valence-electron chi connectivity index (χ1n) is 8.77. The molecule has 26 heavy (non-hydrogen) atoms. The quantitative estimate of drug-likeness (QED) is 0.735. The van der Waals surface area contributed by atoms with Crippen LogP contribution in [0.25, 0.3) is 0 Å². The number of benzene rings is 2. The van der Waals surface area contributed by atoms with Gasteiger partial charge in [0, 0.05) is 12.2 Å². The van der Waals surface area contributed by atoms with E-state index in [9.17, 15) is 0 Å². The van der Waals surface area contributed by atoms with Gasteiger partial charge >= 0.3 is 0 Å². The molecule has 6 nitrogen and oxygen atoms in total. The van der Waals surface area contributed by atoms with E-state index in [1.54, 1.807) is 17.1 Å². The molecule has 0 bridgehead atoms. The van der Waals surface area contributed by atoms with Crippen LogP contribution in [0.5, 0.6) is 0 Å². The Morgan fingerprint density at radius 1 is 1.19 bits per heavy atom. The Labute approximate surface area is 155 Å². The maximum Gasteiger partial charge on any atom is 0.149 e. The van der Waals surface area contributed by atoms with Gasteiger partial charge in [-0.3, -0.25) is 16.1 Å². The summed E-state index contributed by atoms with van der Waals surface area (Å²) in [5, 5.41) is 17.4. The molecule has 1 fully saturated rings. The van der Waals surface area contributed by atoms with Crippen LogP contribution in [0.2, 0.25) is 0 Å². The molecule has 1 atom stereocenters. The van der Waals surface area contributed by atoms with Crippen molar-refractivity contribution in [2.45, 2.75) is 33.6 Å². The predicted molar refractivity (Wildman–Crippen MR) is 104 cm³/mol. The summed E-state index contributed by atoms with van der Waals surface area (Å²) in [5.74, 6) is 6.24. The van der Waals surface area contributed by atoms with E-state index in [0.717, 1.165) is 18.9 Å². The number of rotatable bonds is 4. The van der Waals surface area contributed by atoms with Crippen molar-refractivity contribution in [2.75, 3.05) is 18.7 Å². The second-order valence-electron chi connectivity index (χ2n) is 6.96. The molecule has 0 radical (unpaired) electrons. The van der Waals surface area contributed by atoms with E-state index in [0.29, 0.717) is 12.2 Å². The number of anilines is 1.